The Bertz CT molecular complexity index is 363. The summed E-state index contributed by atoms with van der Waals surface area (Å²) in [6.45, 7) is 7.09. The van der Waals surface area contributed by atoms with Crippen LogP contribution in [0.4, 0.5) is 0 Å². The highest BCUT2D eigenvalue weighted by molar-refractivity contribution is 5.97. The van der Waals surface area contributed by atoms with Gasteiger partial charge in [-0.3, -0.25) is 9.59 Å². The number of carbonyl (C=O) groups is 2. The van der Waals surface area contributed by atoms with E-state index < -0.39 is 0 Å². The molecule has 0 aromatic heterocycles. The van der Waals surface area contributed by atoms with Gasteiger partial charge in [0.15, 0.2) is 0 Å². The Morgan fingerprint density at radius 2 is 1.95 bits per heavy atom. The fourth-order valence-corrected chi connectivity index (χ4v) is 3.09. The summed E-state index contributed by atoms with van der Waals surface area (Å²) >= 11 is 0. The molecule has 1 saturated heterocycles. The third-order valence-corrected chi connectivity index (χ3v) is 4.28. The molecule has 2 aliphatic rings. The van der Waals surface area contributed by atoms with E-state index in [2.05, 4.69) is 26.1 Å². The second kappa shape index (κ2) is 6.59. The number of amides is 2. The first kappa shape index (κ1) is 15.3. The molecule has 1 heterocycles. The smallest absolute Gasteiger partial charge is 0.245 e. The quantitative estimate of drug-likeness (QED) is 0.728. The number of hydrogen-bond donors (Lipinski definition) is 1. The molecule has 1 aliphatic carbocycles. The zero-order valence-electron chi connectivity index (χ0n) is 13.0. The fourth-order valence-electron chi connectivity index (χ4n) is 3.09. The van der Waals surface area contributed by atoms with Gasteiger partial charge in [0, 0.05) is 6.54 Å². The molecule has 1 N–H and O–H groups in total. The van der Waals surface area contributed by atoms with Crippen molar-refractivity contribution in [3.63, 3.8) is 0 Å². The number of hydrogen-bond acceptors (Lipinski definition) is 2. The van der Waals surface area contributed by atoms with Crippen LogP contribution >= 0.6 is 0 Å². The molecule has 2 fully saturated rings. The van der Waals surface area contributed by atoms with Gasteiger partial charge in [-0.15, -0.1) is 0 Å². The standard InChI is InChI=1S/C16H28N2O2/c1-4-5-6-9-18-14(12-7-8-12)15(19)17-13(16(18)20)10-11(2)3/h11-14H,4-10H2,1-3H3,(H,17,19). The normalized spacial score (nSPS) is 27.1. The van der Waals surface area contributed by atoms with E-state index in [1.54, 1.807) is 0 Å². The van der Waals surface area contributed by atoms with Crippen molar-refractivity contribution in [3.8, 4) is 0 Å². The minimum absolute atomic E-state index is 0.0780. The molecule has 1 saturated carbocycles. The highest BCUT2D eigenvalue weighted by atomic mass is 16.2. The molecule has 2 rings (SSSR count). The van der Waals surface area contributed by atoms with E-state index >= 15 is 0 Å². The van der Waals surface area contributed by atoms with Crippen LogP contribution in [0.25, 0.3) is 0 Å². The molecule has 20 heavy (non-hydrogen) atoms. The average molecular weight is 280 g/mol. The van der Waals surface area contributed by atoms with Crippen molar-refractivity contribution in [2.24, 2.45) is 11.8 Å². The van der Waals surface area contributed by atoms with Gasteiger partial charge < -0.3 is 10.2 Å². The van der Waals surface area contributed by atoms with Gasteiger partial charge in [-0.05, 0) is 37.5 Å². The predicted molar refractivity (Wildman–Crippen MR) is 79.1 cm³/mol. The van der Waals surface area contributed by atoms with Gasteiger partial charge in [0.2, 0.25) is 11.8 Å². The monoisotopic (exact) mass is 280 g/mol. The van der Waals surface area contributed by atoms with Crippen LogP contribution in [0.15, 0.2) is 0 Å². The number of piperazine rings is 1. The molecule has 0 bridgehead atoms. The SMILES string of the molecule is CCCCCN1C(=O)C(CC(C)C)NC(=O)C1C1CC1. The van der Waals surface area contributed by atoms with Gasteiger partial charge in [-0.2, -0.15) is 0 Å². The summed E-state index contributed by atoms with van der Waals surface area (Å²) in [5.74, 6) is 1.04. The van der Waals surface area contributed by atoms with Crippen molar-refractivity contribution in [3.05, 3.63) is 0 Å². The minimum Gasteiger partial charge on any atom is -0.342 e. The minimum atomic E-state index is -0.306. The maximum absolute atomic E-state index is 12.7. The average Bonchev–Trinajstić information content (AvgIpc) is 3.18. The lowest BCUT2D eigenvalue weighted by molar-refractivity contribution is -0.150. The van der Waals surface area contributed by atoms with Crippen molar-refractivity contribution >= 4 is 11.8 Å². The zero-order chi connectivity index (χ0) is 14.7. The van der Waals surface area contributed by atoms with Gasteiger partial charge >= 0.3 is 0 Å². The molecule has 2 amide bonds. The molecule has 4 nitrogen and oxygen atoms in total. The van der Waals surface area contributed by atoms with Crippen molar-refractivity contribution in [2.45, 2.75) is 71.4 Å². The molecule has 0 aromatic rings. The van der Waals surface area contributed by atoms with Crippen molar-refractivity contribution in [1.29, 1.82) is 0 Å². The zero-order valence-corrected chi connectivity index (χ0v) is 13.0. The third-order valence-electron chi connectivity index (χ3n) is 4.28. The Labute approximate surface area is 122 Å². The number of nitrogens with zero attached hydrogens (tertiary/aromatic N) is 1. The molecule has 1 aliphatic heterocycles. The lowest BCUT2D eigenvalue weighted by Gasteiger charge is -2.39. The van der Waals surface area contributed by atoms with E-state index in [0.29, 0.717) is 11.8 Å². The molecule has 2 unspecified atom stereocenters. The first-order valence-corrected chi connectivity index (χ1v) is 8.15. The van der Waals surface area contributed by atoms with E-state index in [0.717, 1.165) is 45.1 Å². The van der Waals surface area contributed by atoms with Gasteiger partial charge in [-0.25, -0.2) is 0 Å². The Kier molecular flexibility index (Phi) is 5.06. The van der Waals surface area contributed by atoms with Crippen LogP contribution in [0.5, 0.6) is 0 Å². The number of nitrogens with one attached hydrogen (secondary N) is 1. The summed E-state index contributed by atoms with van der Waals surface area (Å²) in [6, 6.07) is -0.498. The van der Waals surface area contributed by atoms with Gasteiger partial charge in [0.05, 0.1) is 0 Å². The molecule has 114 valence electrons. The Morgan fingerprint density at radius 1 is 1.25 bits per heavy atom. The van der Waals surface area contributed by atoms with Crippen LogP contribution in [0.3, 0.4) is 0 Å². The van der Waals surface area contributed by atoms with Crippen molar-refractivity contribution in [2.75, 3.05) is 6.54 Å². The molecule has 4 heteroatoms. The maximum atomic E-state index is 12.7. The van der Waals surface area contributed by atoms with Crippen LogP contribution in [0.2, 0.25) is 0 Å². The summed E-state index contributed by atoms with van der Waals surface area (Å²) in [4.78, 5) is 26.9. The van der Waals surface area contributed by atoms with E-state index in [1.165, 1.54) is 0 Å². The molecule has 0 spiro atoms. The van der Waals surface area contributed by atoms with Crippen LogP contribution in [0, 0.1) is 11.8 Å². The van der Waals surface area contributed by atoms with Crippen LogP contribution in [-0.2, 0) is 9.59 Å². The van der Waals surface area contributed by atoms with Gasteiger partial charge in [0.1, 0.15) is 12.1 Å². The Balaban J connectivity index is 2.06. The highest BCUT2D eigenvalue weighted by Gasteiger charge is 2.47. The molecule has 2 atom stereocenters. The van der Waals surface area contributed by atoms with E-state index in [9.17, 15) is 9.59 Å². The van der Waals surface area contributed by atoms with Gasteiger partial charge in [-0.1, -0.05) is 33.6 Å². The van der Waals surface area contributed by atoms with Gasteiger partial charge in [0.25, 0.3) is 0 Å². The Morgan fingerprint density at radius 3 is 2.50 bits per heavy atom. The first-order valence-electron chi connectivity index (χ1n) is 8.15. The summed E-state index contributed by atoms with van der Waals surface area (Å²) in [6.07, 6.45) is 6.18. The Hall–Kier alpha value is -1.06. The van der Waals surface area contributed by atoms with E-state index in [4.69, 9.17) is 0 Å². The first-order chi connectivity index (χ1) is 9.54. The predicted octanol–water partition coefficient (Wildman–Crippen LogP) is 2.33. The van der Waals surface area contributed by atoms with E-state index in [1.807, 2.05) is 4.90 Å². The topological polar surface area (TPSA) is 49.4 Å². The molecule has 0 radical (unpaired) electrons. The largest absolute Gasteiger partial charge is 0.342 e. The molecule has 0 aromatic carbocycles. The summed E-state index contributed by atoms with van der Waals surface area (Å²) in [7, 11) is 0. The second-order valence-electron chi connectivity index (χ2n) is 6.71. The molecular weight excluding hydrogens is 252 g/mol. The lowest BCUT2D eigenvalue weighted by Crippen LogP contribution is -2.64. The van der Waals surface area contributed by atoms with Crippen molar-refractivity contribution < 1.29 is 9.59 Å². The number of carbonyl (C=O) groups excluding carboxylic acids is 2. The second-order valence-corrected chi connectivity index (χ2v) is 6.71. The third kappa shape index (κ3) is 3.53. The van der Waals surface area contributed by atoms with Crippen molar-refractivity contribution in [1.82, 2.24) is 10.2 Å². The van der Waals surface area contributed by atoms with Crippen LogP contribution in [-0.4, -0.2) is 35.3 Å². The maximum Gasteiger partial charge on any atom is 0.245 e. The van der Waals surface area contributed by atoms with E-state index in [-0.39, 0.29) is 23.9 Å². The highest BCUT2D eigenvalue weighted by Crippen LogP contribution is 2.37. The lowest BCUT2D eigenvalue weighted by atomic mass is 9.96. The van der Waals surface area contributed by atoms with Crippen LogP contribution < -0.4 is 5.32 Å². The summed E-state index contributed by atoms with van der Waals surface area (Å²) < 4.78 is 0. The summed E-state index contributed by atoms with van der Waals surface area (Å²) in [5.41, 5.74) is 0. The fraction of sp³-hybridized carbons (Fsp3) is 0.875. The molecular formula is C16H28N2O2. The summed E-state index contributed by atoms with van der Waals surface area (Å²) in [5, 5.41) is 2.96. The number of rotatable bonds is 7. The number of unbranched alkanes of at least 4 members (excludes halogenated alkanes) is 2. The van der Waals surface area contributed by atoms with Crippen LogP contribution in [0.1, 0.15) is 59.3 Å².